The molecule has 0 aromatic rings. The molecule has 0 spiro atoms. The van der Waals surface area contributed by atoms with Crippen LogP contribution in [0.15, 0.2) is 0 Å². The molecule has 1 heterocycles. The summed E-state index contributed by atoms with van der Waals surface area (Å²) in [7, 11) is 2.00. The van der Waals surface area contributed by atoms with Crippen LogP contribution in [0.4, 0.5) is 0 Å². The van der Waals surface area contributed by atoms with E-state index in [1.54, 1.807) is 0 Å². The first-order chi connectivity index (χ1) is 5.16. The number of carbonyl (C=O) groups is 1. The summed E-state index contributed by atoms with van der Waals surface area (Å²) in [5.41, 5.74) is 0. The molecule has 0 aliphatic carbocycles. The van der Waals surface area contributed by atoms with Crippen molar-refractivity contribution in [3.05, 3.63) is 0 Å². The van der Waals surface area contributed by atoms with E-state index in [1.807, 2.05) is 14.0 Å². The average Bonchev–Trinajstić information content (AvgIpc) is 2.30. The van der Waals surface area contributed by atoms with Crippen molar-refractivity contribution in [2.75, 3.05) is 13.6 Å². The van der Waals surface area contributed by atoms with E-state index in [4.69, 9.17) is 5.11 Å². The maximum Gasteiger partial charge on any atom is 0.308 e. The number of nitrogens with zero attached hydrogens (tertiary/aromatic N) is 1. The largest absolute Gasteiger partial charge is 0.481 e. The van der Waals surface area contributed by atoms with Crippen LogP contribution in [0, 0.1) is 5.92 Å². The van der Waals surface area contributed by atoms with Crippen LogP contribution in [0.5, 0.6) is 0 Å². The van der Waals surface area contributed by atoms with Gasteiger partial charge < -0.3 is 10.0 Å². The van der Waals surface area contributed by atoms with E-state index < -0.39 is 5.97 Å². The standard InChI is InChI=1S/C8H15NO2.ClH/c1-3-7-6(8(10)11)4-5-9(7)2;/h6-7H,3-5H2,1-2H3,(H,10,11);1H/t6-,7+;/m0./s1. The molecule has 12 heavy (non-hydrogen) atoms. The molecule has 0 aromatic heterocycles. The molecule has 1 saturated heterocycles. The lowest BCUT2D eigenvalue weighted by molar-refractivity contribution is -0.142. The quantitative estimate of drug-likeness (QED) is 0.717. The Morgan fingerprint density at radius 3 is 2.58 bits per heavy atom. The van der Waals surface area contributed by atoms with Gasteiger partial charge in [0.25, 0.3) is 0 Å². The number of hydrogen-bond donors (Lipinski definition) is 1. The molecule has 3 nitrogen and oxygen atoms in total. The zero-order valence-electron chi connectivity index (χ0n) is 7.49. The molecule has 2 atom stereocenters. The van der Waals surface area contributed by atoms with Crippen LogP contribution in [0.1, 0.15) is 19.8 Å². The molecule has 0 saturated carbocycles. The van der Waals surface area contributed by atoms with Crippen molar-refractivity contribution in [2.45, 2.75) is 25.8 Å². The molecule has 4 heteroatoms. The van der Waals surface area contributed by atoms with Gasteiger partial charge in [-0.15, -0.1) is 12.4 Å². The van der Waals surface area contributed by atoms with Gasteiger partial charge in [0.1, 0.15) is 0 Å². The molecule has 1 fully saturated rings. The third kappa shape index (κ3) is 2.11. The number of carboxylic acid groups (broad SMARTS) is 1. The predicted octanol–water partition coefficient (Wildman–Crippen LogP) is 1.22. The van der Waals surface area contributed by atoms with Crippen LogP contribution in [0.25, 0.3) is 0 Å². The summed E-state index contributed by atoms with van der Waals surface area (Å²) in [5.74, 6) is -0.772. The van der Waals surface area contributed by atoms with E-state index >= 15 is 0 Å². The molecule has 1 N–H and O–H groups in total. The van der Waals surface area contributed by atoms with Crippen molar-refractivity contribution in [2.24, 2.45) is 5.92 Å². The number of carboxylic acids is 1. The third-order valence-corrected chi connectivity index (χ3v) is 2.56. The summed E-state index contributed by atoms with van der Waals surface area (Å²) in [6.07, 6.45) is 1.75. The normalized spacial score (nSPS) is 29.8. The van der Waals surface area contributed by atoms with Gasteiger partial charge in [0, 0.05) is 6.04 Å². The first-order valence-electron chi connectivity index (χ1n) is 4.09. The summed E-state index contributed by atoms with van der Waals surface area (Å²) in [6.45, 7) is 2.97. The summed E-state index contributed by atoms with van der Waals surface area (Å²) >= 11 is 0. The molecular weight excluding hydrogens is 178 g/mol. The lowest BCUT2D eigenvalue weighted by Crippen LogP contribution is -2.32. The monoisotopic (exact) mass is 193 g/mol. The highest BCUT2D eigenvalue weighted by Crippen LogP contribution is 2.24. The number of hydrogen-bond acceptors (Lipinski definition) is 2. The van der Waals surface area contributed by atoms with Crippen LogP contribution in [0.2, 0.25) is 0 Å². The van der Waals surface area contributed by atoms with Crippen LogP contribution in [-0.2, 0) is 4.79 Å². The van der Waals surface area contributed by atoms with Gasteiger partial charge in [-0.3, -0.25) is 4.79 Å². The highest BCUT2D eigenvalue weighted by Gasteiger charge is 2.35. The Hall–Kier alpha value is -0.280. The number of aliphatic carboxylic acids is 1. The van der Waals surface area contributed by atoms with E-state index in [2.05, 4.69) is 4.90 Å². The molecular formula is C8H16ClNO2. The van der Waals surface area contributed by atoms with E-state index in [0.29, 0.717) is 0 Å². The zero-order valence-corrected chi connectivity index (χ0v) is 8.30. The van der Waals surface area contributed by atoms with E-state index in [0.717, 1.165) is 19.4 Å². The molecule has 72 valence electrons. The van der Waals surface area contributed by atoms with E-state index in [1.165, 1.54) is 0 Å². The van der Waals surface area contributed by atoms with E-state index in [-0.39, 0.29) is 24.4 Å². The highest BCUT2D eigenvalue weighted by atomic mass is 35.5. The smallest absolute Gasteiger partial charge is 0.308 e. The SMILES string of the molecule is CC[C@@H]1[C@@H](C(=O)O)CCN1C.Cl. The van der Waals surface area contributed by atoms with Crippen LogP contribution >= 0.6 is 12.4 Å². The van der Waals surface area contributed by atoms with Gasteiger partial charge in [-0.2, -0.15) is 0 Å². The highest BCUT2D eigenvalue weighted by molar-refractivity contribution is 5.85. The molecule has 1 aliphatic rings. The fourth-order valence-corrected chi connectivity index (χ4v) is 1.89. The van der Waals surface area contributed by atoms with E-state index in [9.17, 15) is 4.79 Å². The molecule has 0 unspecified atom stereocenters. The van der Waals surface area contributed by atoms with Crippen molar-refractivity contribution >= 4 is 18.4 Å². The maximum absolute atomic E-state index is 10.7. The van der Waals surface area contributed by atoms with Crippen LogP contribution < -0.4 is 0 Å². The molecule has 0 aromatic carbocycles. The predicted molar refractivity (Wildman–Crippen MR) is 49.7 cm³/mol. The van der Waals surface area contributed by atoms with Gasteiger partial charge in [0.15, 0.2) is 0 Å². The Morgan fingerprint density at radius 2 is 2.25 bits per heavy atom. The number of likely N-dealkylation sites (tertiary alicyclic amines) is 1. The summed E-state index contributed by atoms with van der Waals surface area (Å²) in [6, 6.07) is 0.257. The first-order valence-corrected chi connectivity index (χ1v) is 4.09. The second-order valence-corrected chi connectivity index (χ2v) is 3.19. The Balaban J connectivity index is 0.00000121. The maximum atomic E-state index is 10.7. The Morgan fingerprint density at radius 1 is 1.67 bits per heavy atom. The van der Waals surface area contributed by atoms with Crippen molar-refractivity contribution in [3.8, 4) is 0 Å². The molecule has 0 amide bonds. The summed E-state index contributed by atoms with van der Waals surface area (Å²) in [5, 5.41) is 8.81. The Labute approximate surface area is 79.2 Å². The zero-order chi connectivity index (χ0) is 8.43. The van der Waals surface area contributed by atoms with Crippen molar-refractivity contribution in [1.82, 2.24) is 4.90 Å². The summed E-state index contributed by atoms with van der Waals surface area (Å²) < 4.78 is 0. The fourth-order valence-electron chi connectivity index (χ4n) is 1.89. The van der Waals surface area contributed by atoms with Crippen LogP contribution in [0.3, 0.4) is 0 Å². The van der Waals surface area contributed by atoms with Gasteiger partial charge in [-0.25, -0.2) is 0 Å². The first kappa shape index (κ1) is 11.7. The second kappa shape index (κ2) is 4.67. The fraction of sp³-hybridized carbons (Fsp3) is 0.875. The molecule has 0 bridgehead atoms. The minimum absolute atomic E-state index is 0. The Bertz CT molecular complexity index is 163. The lowest BCUT2D eigenvalue weighted by Gasteiger charge is -2.20. The molecule has 1 rings (SSSR count). The Kier molecular flexibility index (Phi) is 4.57. The minimum atomic E-state index is -0.638. The van der Waals surface area contributed by atoms with Crippen molar-refractivity contribution < 1.29 is 9.90 Å². The van der Waals surface area contributed by atoms with Gasteiger partial charge >= 0.3 is 5.97 Å². The van der Waals surface area contributed by atoms with Gasteiger partial charge in [-0.1, -0.05) is 6.92 Å². The second-order valence-electron chi connectivity index (χ2n) is 3.19. The molecule has 0 radical (unpaired) electrons. The van der Waals surface area contributed by atoms with Crippen molar-refractivity contribution in [3.63, 3.8) is 0 Å². The molecule has 1 aliphatic heterocycles. The minimum Gasteiger partial charge on any atom is -0.481 e. The number of rotatable bonds is 2. The lowest BCUT2D eigenvalue weighted by atomic mass is 9.99. The van der Waals surface area contributed by atoms with Gasteiger partial charge in [0.05, 0.1) is 5.92 Å². The topological polar surface area (TPSA) is 40.5 Å². The average molecular weight is 194 g/mol. The van der Waals surface area contributed by atoms with Crippen molar-refractivity contribution in [1.29, 1.82) is 0 Å². The third-order valence-electron chi connectivity index (χ3n) is 2.56. The number of halogens is 1. The van der Waals surface area contributed by atoms with Gasteiger partial charge in [0.2, 0.25) is 0 Å². The van der Waals surface area contributed by atoms with Crippen LogP contribution in [-0.4, -0.2) is 35.6 Å². The summed E-state index contributed by atoms with van der Waals surface area (Å²) in [4.78, 5) is 12.8. The van der Waals surface area contributed by atoms with Gasteiger partial charge in [-0.05, 0) is 26.4 Å².